The normalized spacial score (nSPS) is 24.8. The lowest BCUT2D eigenvalue weighted by molar-refractivity contribution is -0.0865. The minimum atomic E-state index is 0.0691. The van der Waals surface area contributed by atoms with Crippen molar-refractivity contribution in [2.24, 2.45) is 0 Å². The molecule has 0 N–H and O–H groups in total. The monoisotopic (exact) mass is 351 g/mol. The summed E-state index contributed by atoms with van der Waals surface area (Å²) >= 11 is 3.61. The molecule has 1 aromatic heterocycles. The van der Waals surface area contributed by atoms with Gasteiger partial charge in [-0.25, -0.2) is 0 Å². The average Bonchev–Trinajstić information content (AvgIpc) is 2.51. The third-order valence-electron chi connectivity index (χ3n) is 3.64. The number of pyridine rings is 1. The summed E-state index contributed by atoms with van der Waals surface area (Å²) in [5.41, 5.74) is 0.946. The van der Waals surface area contributed by atoms with Crippen LogP contribution in [0.5, 0.6) is 5.75 Å². The van der Waals surface area contributed by atoms with Gasteiger partial charge >= 0.3 is 0 Å². The van der Waals surface area contributed by atoms with Gasteiger partial charge < -0.3 is 14.2 Å². The van der Waals surface area contributed by atoms with Crippen LogP contribution in [-0.2, 0) is 9.47 Å². The van der Waals surface area contributed by atoms with E-state index in [1.807, 2.05) is 30.3 Å². The first-order chi connectivity index (χ1) is 10.3. The molecule has 1 aliphatic carbocycles. The van der Waals surface area contributed by atoms with Crippen molar-refractivity contribution in [2.75, 3.05) is 20.3 Å². The largest absolute Gasteiger partial charge is 0.488 e. The predicted molar refractivity (Wildman–Crippen MR) is 85.1 cm³/mol. The molecule has 0 radical (unpaired) electrons. The molecule has 4 nitrogen and oxygen atoms in total. The molecule has 3 atom stereocenters. The fourth-order valence-corrected chi connectivity index (χ4v) is 3.28. The number of halogens is 1. The molecule has 5 heteroatoms. The number of ether oxygens (including phenoxy) is 3. The van der Waals surface area contributed by atoms with Crippen molar-refractivity contribution in [1.82, 2.24) is 4.98 Å². The molecule has 21 heavy (non-hydrogen) atoms. The van der Waals surface area contributed by atoms with Crippen LogP contribution < -0.4 is 4.74 Å². The lowest BCUT2D eigenvalue weighted by Gasteiger charge is -2.40. The summed E-state index contributed by atoms with van der Waals surface area (Å²) < 4.78 is 16.8. The van der Waals surface area contributed by atoms with E-state index >= 15 is 0 Å². The Morgan fingerprint density at radius 3 is 3.00 bits per heavy atom. The molecule has 3 rings (SSSR count). The van der Waals surface area contributed by atoms with Gasteiger partial charge in [0.1, 0.15) is 18.0 Å². The van der Waals surface area contributed by atoms with Crippen molar-refractivity contribution >= 4 is 26.8 Å². The maximum atomic E-state index is 6.04. The summed E-state index contributed by atoms with van der Waals surface area (Å²) in [5.74, 6) is 0.839. The predicted octanol–water partition coefficient (Wildman–Crippen LogP) is 3.18. The number of nitrogens with zero attached hydrogens (tertiary/aromatic N) is 1. The van der Waals surface area contributed by atoms with Crippen molar-refractivity contribution in [3.63, 3.8) is 0 Å². The number of methoxy groups -OCH3 is 1. The first-order valence-corrected chi connectivity index (χ1v) is 7.95. The second-order valence-corrected chi connectivity index (χ2v) is 6.27. The number of hydrogen-bond donors (Lipinski definition) is 0. The Balaban J connectivity index is 1.64. The van der Waals surface area contributed by atoms with Gasteiger partial charge in [0.2, 0.25) is 0 Å². The van der Waals surface area contributed by atoms with Gasteiger partial charge in [-0.2, -0.15) is 0 Å². The summed E-state index contributed by atoms with van der Waals surface area (Å²) in [5, 5.41) is 1.12. The van der Waals surface area contributed by atoms with Crippen LogP contribution in [0.4, 0.5) is 0 Å². The molecule has 1 fully saturated rings. The molecular formula is C16H18BrNO3. The molecule has 0 saturated heterocycles. The number of hydrogen-bond acceptors (Lipinski definition) is 4. The van der Waals surface area contributed by atoms with Crippen LogP contribution >= 0.6 is 15.9 Å². The highest BCUT2D eigenvalue weighted by Crippen LogP contribution is 2.34. The molecule has 0 spiro atoms. The van der Waals surface area contributed by atoms with Crippen LogP contribution in [0.15, 0.2) is 36.5 Å². The van der Waals surface area contributed by atoms with E-state index in [0.29, 0.717) is 18.0 Å². The second-order valence-electron chi connectivity index (χ2n) is 5.09. The van der Waals surface area contributed by atoms with E-state index in [2.05, 4.69) is 20.9 Å². The maximum absolute atomic E-state index is 6.04. The third kappa shape index (κ3) is 3.36. The Bertz CT molecular complexity index is 607. The average molecular weight is 352 g/mol. The van der Waals surface area contributed by atoms with Crippen LogP contribution in [0, 0.1) is 0 Å². The van der Waals surface area contributed by atoms with E-state index in [9.17, 15) is 0 Å². The molecule has 2 aromatic rings. The summed E-state index contributed by atoms with van der Waals surface area (Å²) in [6.07, 6.45) is 2.88. The van der Waals surface area contributed by atoms with Gasteiger partial charge in [-0.05, 0) is 18.2 Å². The van der Waals surface area contributed by atoms with Crippen molar-refractivity contribution in [3.8, 4) is 5.75 Å². The molecule has 0 bridgehead atoms. The van der Waals surface area contributed by atoms with Gasteiger partial charge in [0, 0.05) is 36.0 Å². The van der Waals surface area contributed by atoms with Crippen molar-refractivity contribution < 1.29 is 14.2 Å². The van der Waals surface area contributed by atoms with Gasteiger partial charge in [0.15, 0.2) is 0 Å². The number of alkyl halides is 1. The van der Waals surface area contributed by atoms with E-state index in [1.54, 1.807) is 13.3 Å². The van der Waals surface area contributed by atoms with Crippen LogP contribution in [-0.4, -0.2) is 42.3 Å². The molecule has 0 aliphatic heterocycles. The Labute approximate surface area is 132 Å². The Morgan fingerprint density at radius 1 is 1.29 bits per heavy atom. The first kappa shape index (κ1) is 14.8. The van der Waals surface area contributed by atoms with E-state index < -0.39 is 0 Å². The fourth-order valence-electron chi connectivity index (χ4n) is 2.42. The van der Waals surface area contributed by atoms with Crippen LogP contribution in [0.25, 0.3) is 10.9 Å². The minimum Gasteiger partial charge on any atom is -0.488 e. The van der Waals surface area contributed by atoms with Gasteiger partial charge in [-0.3, -0.25) is 4.98 Å². The van der Waals surface area contributed by atoms with Gasteiger partial charge in [-0.15, -0.1) is 0 Å². The Kier molecular flexibility index (Phi) is 4.73. The lowest BCUT2D eigenvalue weighted by Crippen LogP contribution is -2.52. The summed E-state index contributed by atoms with van der Waals surface area (Å²) in [7, 11) is 1.67. The van der Waals surface area contributed by atoms with Gasteiger partial charge in [-0.1, -0.05) is 22.0 Å². The molecule has 3 unspecified atom stereocenters. The Morgan fingerprint density at radius 2 is 2.19 bits per heavy atom. The zero-order valence-electron chi connectivity index (χ0n) is 11.9. The molecule has 0 amide bonds. The number of rotatable bonds is 6. The van der Waals surface area contributed by atoms with Crippen LogP contribution in [0.3, 0.4) is 0 Å². The lowest BCUT2D eigenvalue weighted by atomic mass is 9.91. The molecule has 1 heterocycles. The molecular weight excluding hydrogens is 334 g/mol. The van der Waals surface area contributed by atoms with Crippen LogP contribution in [0.1, 0.15) is 6.42 Å². The highest BCUT2D eigenvalue weighted by atomic mass is 79.9. The van der Waals surface area contributed by atoms with E-state index in [1.165, 1.54) is 0 Å². The smallest absolute Gasteiger partial charge is 0.127 e. The number of fused-ring (bicyclic) bond motifs is 1. The molecule has 1 aromatic carbocycles. The SMILES string of the molecule is COCCOC1C(Br)CC1Oc1ccc2cccnc2c1. The van der Waals surface area contributed by atoms with E-state index in [-0.39, 0.29) is 12.2 Å². The zero-order valence-corrected chi connectivity index (χ0v) is 13.5. The summed E-state index contributed by atoms with van der Waals surface area (Å²) in [6.45, 7) is 1.19. The quantitative estimate of drug-likeness (QED) is 0.592. The third-order valence-corrected chi connectivity index (χ3v) is 4.54. The minimum absolute atomic E-state index is 0.0691. The van der Waals surface area contributed by atoms with Gasteiger partial charge in [0.25, 0.3) is 0 Å². The number of aromatic nitrogens is 1. The highest BCUT2D eigenvalue weighted by molar-refractivity contribution is 9.09. The molecule has 112 valence electrons. The van der Waals surface area contributed by atoms with Crippen LogP contribution in [0.2, 0.25) is 0 Å². The number of benzene rings is 1. The van der Waals surface area contributed by atoms with Crippen molar-refractivity contribution in [2.45, 2.75) is 23.5 Å². The maximum Gasteiger partial charge on any atom is 0.127 e. The van der Waals surface area contributed by atoms with Gasteiger partial charge in [0.05, 0.1) is 18.7 Å². The van der Waals surface area contributed by atoms with Crippen molar-refractivity contribution in [3.05, 3.63) is 36.5 Å². The van der Waals surface area contributed by atoms with Crippen molar-refractivity contribution in [1.29, 1.82) is 0 Å². The highest BCUT2D eigenvalue weighted by Gasteiger charge is 2.42. The second kappa shape index (κ2) is 6.73. The van der Waals surface area contributed by atoms with E-state index in [0.717, 1.165) is 23.1 Å². The molecule has 1 saturated carbocycles. The first-order valence-electron chi connectivity index (χ1n) is 7.04. The fraction of sp³-hybridized carbons (Fsp3) is 0.438. The standard InChI is InChI=1S/C16H18BrNO3/c1-19-7-8-20-16-13(17)10-15(16)21-12-5-4-11-3-2-6-18-14(11)9-12/h2-6,9,13,15-16H,7-8,10H2,1H3. The zero-order chi connectivity index (χ0) is 14.7. The topological polar surface area (TPSA) is 40.6 Å². The summed E-state index contributed by atoms with van der Waals surface area (Å²) in [6, 6.07) is 9.97. The molecule has 1 aliphatic rings. The van der Waals surface area contributed by atoms with E-state index in [4.69, 9.17) is 14.2 Å². The Hall–Kier alpha value is -1.17. The summed E-state index contributed by atoms with van der Waals surface area (Å²) in [4.78, 5) is 4.70.